The molecule has 5 unspecified atom stereocenters. The number of aliphatic hydroxyl groups excluding tert-OH is 1. The van der Waals surface area contributed by atoms with Crippen molar-refractivity contribution in [3.8, 4) is 0 Å². The third kappa shape index (κ3) is 10.3. The predicted octanol–water partition coefficient (Wildman–Crippen LogP) is -3.76. The van der Waals surface area contributed by atoms with E-state index in [4.69, 9.17) is 22.3 Å². The van der Waals surface area contributed by atoms with Gasteiger partial charge in [-0.15, -0.1) is 0 Å². The number of hydrogen-bond acceptors (Lipinski definition) is 8. The second-order valence-corrected chi connectivity index (χ2v) is 6.96. The maximum Gasteiger partial charge on any atom is 0.328 e. The van der Waals surface area contributed by atoms with Crippen molar-refractivity contribution in [3.05, 3.63) is 0 Å². The minimum absolute atomic E-state index is 0.0668. The van der Waals surface area contributed by atoms with Crippen LogP contribution in [0.2, 0.25) is 0 Å². The van der Waals surface area contributed by atoms with Crippen LogP contribution in [-0.4, -0.2) is 82.4 Å². The van der Waals surface area contributed by atoms with Crippen molar-refractivity contribution >= 4 is 42.3 Å². The maximum absolute atomic E-state index is 12.5. The monoisotopic (exact) mass is 449 g/mol. The van der Waals surface area contributed by atoms with Crippen molar-refractivity contribution in [2.45, 2.75) is 57.0 Å². The number of aliphatic carboxylic acids is 1. The minimum Gasteiger partial charge on any atom is -0.480 e. The molecular formula is C16H31N7O6S. The van der Waals surface area contributed by atoms with Gasteiger partial charge in [0.05, 0.1) is 12.1 Å². The van der Waals surface area contributed by atoms with Gasteiger partial charge in [0, 0.05) is 12.3 Å². The molecule has 30 heavy (non-hydrogen) atoms. The van der Waals surface area contributed by atoms with Crippen LogP contribution in [0.5, 0.6) is 0 Å². The summed E-state index contributed by atoms with van der Waals surface area (Å²) in [6.45, 7) is 2.76. The number of rotatable bonds is 13. The Kier molecular flexibility index (Phi) is 12.4. The Morgan fingerprint density at radius 1 is 1.03 bits per heavy atom. The molecule has 0 heterocycles. The summed E-state index contributed by atoms with van der Waals surface area (Å²) in [5.41, 5.74) is 16.0. The van der Waals surface area contributed by atoms with Gasteiger partial charge < -0.3 is 43.4 Å². The van der Waals surface area contributed by atoms with E-state index in [2.05, 4.69) is 33.6 Å². The van der Waals surface area contributed by atoms with Gasteiger partial charge in [0.25, 0.3) is 0 Å². The summed E-state index contributed by atoms with van der Waals surface area (Å²) in [7, 11) is 0. The lowest BCUT2D eigenvalue weighted by molar-refractivity contribution is -0.145. The first-order valence-electron chi connectivity index (χ1n) is 9.14. The van der Waals surface area contributed by atoms with Crippen LogP contribution in [0.15, 0.2) is 4.99 Å². The largest absolute Gasteiger partial charge is 0.480 e. The number of thiol groups is 1. The third-order valence-corrected chi connectivity index (χ3v) is 4.30. The summed E-state index contributed by atoms with van der Waals surface area (Å²) in [5.74, 6) is -3.62. The summed E-state index contributed by atoms with van der Waals surface area (Å²) < 4.78 is 0. The highest BCUT2D eigenvalue weighted by molar-refractivity contribution is 7.80. The summed E-state index contributed by atoms with van der Waals surface area (Å²) in [5, 5.41) is 25.7. The van der Waals surface area contributed by atoms with E-state index in [1.54, 1.807) is 0 Å². The molecule has 0 saturated heterocycles. The summed E-state index contributed by atoms with van der Waals surface area (Å²) in [4.78, 5) is 51.7. The molecule has 0 spiro atoms. The number of nitrogens with one attached hydrogen (secondary N) is 3. The standard InChI is InChI=1S/C16H31N7O6S/c1-7(21-13(26)9(17)6-30)12(25)22-10(4-3-5-20-16(18)19)14(27)23-11(8(2)24)15(28)29/h7-11,24,30H,3-6,17H2,1-2H3,(H,21,26)(H,22,25)(H,23,27)(H,28,29)(H4,18,19,20). The third-order valence-electron chi connectivity index (χ3n) is 3.91. The Morgan fingerprint density at radius 2 is 1.63 bits per heavy atom. The van der Waals surface area contributed by atoms with Crippen LogP contribution in [0.1, 0.15) is 26.7 Å². The number of carboxylic acids is 1. The molecule has 0 aliphatic carbocycles. The fourth-order valence-corrected chi connectivity index (χ4v) is 2.35. The minimum atomic E-state index is -1.57. The smallest absolute Gasteiger partial charge is 0.328 e. The van der Waals surface area contributed by atoms with Crippen LogP contribution >= 0.6 is 12.6 Å². The van der Waals surface area contributed by atoms with E-state index in [0.29, 0.717) is 0 Å². The number of nitrogens with zero attached hydrogens (tertiary/aromatic N) is 1. The predicted molar refractivity (Wildman–Crippen MR) is 113 cm³/mol. The lowest BCUT2D eigenvalue weighted by atomic mass is 10.1. The van der Waals surface area contributed by atoms with E-state index in [1.807, 2.05) is 0 Å². The zero-order valence-electron chi connectivity index (χ0n) is 16.9. The molecule has 172 valence electrons. The summed E-state index contributed by atoms with van der Waals surface area (Å²) in [6.07, 6.45) is -1.02. The number of carbonyl (C=O) groups excluding carboxylic acids is 3. The Bertz CT molecular complexity index is 642. The number of carboxylic acid groups (broad SMARTS) is 1. The lowest BCUT2D eigenvalue weighted by Crippen LogP contribution is -2.57. The SMILES string of the molecule is CC(NC(=O)C(N)CS)C(=O)NC(CCCN=C(N)N)C(=O)NC(C(=O)O)C(C)O. The average Bonchev–Trinajstić information content (AvgIpc) is 2.66. The number of guanidine groups is 1. The molecule has 14 heteroatoms. The van der Waals surface area contributed by atoms with E-state index in [1.165, 1.54) is 13.8 Å². The van der Waals surface area contributed by atoms with Gasteiger partial charge >= 0.3 is 5.97 Å². The van der Waals surface area contributed by atoms with Crippen molar-refractivity contribution < 1.29 is 29.4 Å². The summed E-state index contributed by atoms with van der Waals surface area (Å²) >= 11 is 3.90. The van der Waals surface area contributed by atoms with Crippen LogP contribution < -0.4 is 33.2 Å². The zero-order valence-corrected chi connectivity index (χ0v) is 17.8. The second-order valence-electron chi connectivity index (χ2n) is 6.59. The van der Waals surface area contributed by atoms with Gasteiger partial charge in [-0.1, -0.05) is 0 Å². The first-order valence-corrected chi connectivity index (χ1v) is 9.77. The van der Waals surface area contributed by atoms with Crippen LogP contribution in [0.25, 0.3) is 0 Å². The van der Waals surface area contributed by atoms with Crippen molar-refractivity contribution in [1.82, 2.24) is 16.0 Å². The molecule has 0 fully saturated rings. The van der Waals surface area contributed by atoms with Gasteiger partial charge in [-0.05, 0) is 26.7 Å². The normalized spacial score (nSPS) is 15.6. The highest BCUT2D eigenvalue weighted by atomic mass is 32.1. The van der Waals surface area contributed by atoms with E-state index < -0.39 is 54.0 Å². The molecule has 0 aromatic carbocycles. The molecule has 0 rings (SSSR count). The van der Waals surface area contributed by atoms with Gasteiger partial charge in [0.2, 0.25) is 17.7 Å². The molecule has 13 nitrogen and oxygen atoms in total. The van der Waals surface area contributed by atoms with Gasteiger partial charge in [-0.3, -0.25) is 19.4 Å². The fourth-order valence-electron chi connectivity index (χ4n) is 2.18. The van der Waals surface area contributed by atoms with Gasteiger partial charge in [-0.2, -0.15) is 12.6 Å². The Morgan fingerprint density at radius 3 is 2.10 bits per heavy atom. The summed E-state index contributed by atoms with van der Waals surface area (Å²) in [6, 6.07) is -4.67. The molecule has 3 amide bonds. The van der Waals surface area contributed by atoms with Crippen molar-refractivity contribution in [1.29, 1.82) is 0 Å². The second kappa shape index (κ2) is 13.6. The molecule has 11 N–H and O–H groups in total. The molecule has 5 atom stereocenters. The van der Waals surface area contributed by atoms with Crippen LogP contribution in [0, 0.1) is 0 Å². The van der Waals surface area contributed by atoms with E-state index in [9.17, 15) is 24.3 Å². The first kappa shape index (κ1) is 27.4. The molecule has 0 aliphatic rings. The van der Waals surface area contributed by atoms with Crippen LogP contribution in [0.4, 0.5) is 0 Å². The maximum atomic E-state index is 12.5. The molecule has 0 aromatic rings. The number of carbonyl (C=O) groups is 4. The number of nitrogens with two attached hydrogens (primary N) is 3. The van der Waals surface area contributed by atoms with Gasteiger partial charge in [0.15, 0.2) is 12.0 Å². The van der Waals surface area contributed by atoms with Crippen molar-refractivity contribution in [3.63, 3.8) is 0 Å². The van der Waals surface area contributed by atoms with E-state index >= 15 is 0 Å². The van der Waals surface area contributed by atoms with E-state index in [0.717, 1.165) is 0 Å². The van der Waals surface area contributed by atoms with Crippen LogP contribution in [-0.2, 0) is 19.2 Å². The topological polar surface area (TPSA) is 235 Å². The number of aliphatic hydroxyl groups is 1. The fraction of sp³-hybridized carbons (Fsp3) is 0.688. The molecule has 0 aromatic heterocycles. The molecule has 0 radical (unpaired) electrons. The highest BCUT2D eigenvalue weighted by Crippen LogP contribution is 2.03. The van der Waals surface area contributed by atoms with Crippen molar-refractivity contribution in [2.24, 2.45) is 22.2 Å². The van der Waals surface area contributed by atoms with Gasteiger partial charge in [0.1, 0.15) is 12.1 Å². The van der Waals surface area contributed by atoms with Gasteiger partial charge in [-0.25, -0.2) is 4.79 Å². The first-order chi connectivity index (χ1) is 13.9. The number of hydrogen-bond donors (Lipinski definition) is 9. The molecule has 0 saturated carbocycles. The van der Waals surface area contributed by atoms with E-state index in [-0.39, 0.29) is 31.1 Å². The Balaban J connectivity index is 5.20. The number of aliphatic imine (C=N–C) groups is 1. The molecule has 0 bridgehead atoms. The highest BCUT2D eigenvalue weighted by Gasteiger charge is 2.30. The molecular weight excluding hydrogens is 418 g/mol. The average molecular weight is 450 g/mol. The van der Waals surface area contributed by atoms with Crippen molar-refractivity contribution in [2.75, 3.05) is 12.3 Å². The molecule has 0 aliphatic heterocycles. The zero-order chi connectivity index (χ0) is 23.4. The Labute approximate surface area is 179 Å². The quantitative estimate of drug-likeness (QED) is 0.0580. The Hall–Kier alpha value is -2.58. The number of amides is 3. The van der Waals surface area contributed by atoms with Crippen LogP contribution in [0.3, 0.4) is 0 Å². The lowest BCUT2D eigenvalue weighted by Gasteiger charge is -2.24.